The molecule has 4 amide bonds. The van der Waals surface area contributed by atoms with Crippen molar-refractivity contribution < 1.29 is 38.2 Å². The number of carbonyl (C=O) groups excluding carboxylic acids is 3. The molecule has 4 rings (SSSR count). The minimum Gasteiger partial charge on any atom is -0.481 e. The molecule has 12 nitrogen and oxygen atoms in total. The number of carboxylic acids is 1. The summed E-state index contributed by atoms with van der Waals surface area (Å²) in [6.45, 7) is 5.58. The number of unbranched alkanes of at least 4 members (excludes halogenated alkanes) is 1. The molecule has 0 aliphatic carbocycles. The number of benzene rings is 1. The fraction of sp³-hybridized carbons (Fsp3) is 0.677. The number of likely N-dealkylation sites (tertiary alicyclic amines) is 1. The molecule has 0 spiro atoms. The average molecular weight is 603 g/mol. The van der Waals surface area contributed by atoms with Gasteiger partial charge in [-0.3, -0.25) is 24.2 Å². The van der Waals surface area contributed by atoms with E-state index in [-0.39, 0.29) is 43.5 Å². The van der Waals surface area contributed by atoms with Gasteiger partial charge in [0.25, 0.3) is 0 Å². The number of amides is 4. The summed E-state index contributed by atoms with van der Waals surface area (Å²) >= 11 is 0. The summed E-state index contributed by atoms with van der Waals surface area (Å²) in [5, 5.41) is 10.5. The number of rotatable bonds is 14. The molecule has 1 aromatic carbocycles. The zero-order valence-corrected chi connectivity index (χ0v) is 26.3. The number of carbonyl (C=O) groups is 4. The van der Waals surface area contributed by atoms with Crippen molar-refractivity contribution in [3.8, 4) is 11.5 Å². The van der Waals surface area contributed by atoms with Gasteiger partial charge in [-0.1, -0.05) is 19.4 Å². The highest BCUT2D eigenvalue weighted by Gasteiger charge is 2.47. The molecule has 3 aliphatic rings. The van der Waals surface area contributed by atoms with E-state index in [1.807, 2.05) is 21.9 Å². The summed E-state index contributed by atoms with van der Waals surface area (Å²) in [4.78, 5) is 58.1. The Morgan fingerprint density at radius 1 is 1.09 bits per heavy atom. The Balaban J connectivity index is 1.57. The van der Waals surface area contributed by atoms with Crippen LogP contribution in [0, 0.1) is 5.92 Å². The largest absolute Gasteiger partial charge is 0.481 e. The highest BCUT2D eigenvalue weighted by atomic mass is 16.7. The zero-order chi connectivity index (χ0) is 31.3. The Morgan fingerprint density at radius 2 is 1.81 bits per heavy atom. The van der Waals surface area contributed by atoms with Crippen molar-refractivity contribution in [2.45, 2.75) is 51.0 Å². The highest BCUT2D eigenvalue weighted by Crippen LogP contribution is 2.42. The fourth-order valence-electron chi connectivity index (χ4n) is 6.36. The first-order valence-electron chi connectivity index (χ1n) is 15.4. The van der Waals surface area contributed by atoms with Crippen LogP contribution in [0.4, 0.5) is 4.79 Å². The van der Waals surface area contributed by atoms with E-state index in [1.54, 1.807) is 11.0 Å². The first-order valence-corrected chi connectivity index (χ1v) is 15.4. The van der Waals surface area contributed by atoms with E-state index in [4.69, 9.17) is 9.47 Å². The van der Waals surface area contributed by atoms with Crippen LogP contribution in [-0.4, -0.2) is 140 Å². The Labute approximate surface area is 254 Å². The number of urea groups is 1. The van der Waals surface area contributed by atoms with Gasteiger partial charge in [-0.2, -0.15) is 0 Å². The molecule has 3 atom stereocenters. The summed E-state index contributed by atoms with van der Waals surface area (Å²) in [6.07, 6.45) is 3.36. The first kappa shape index (κ1) is 32.5. The zero-order valence-electron chi connectivity index (χ0n) is 26.3. The van der Waals surface area contributed by atoms with E-state index in [0.29, 0.717) is 50.6 Å². The lowest BCUT2D eigenvalue weighted by Gasteiger charge is -2.35. The molecule has 0 aromatic heterocycles. The third-order valence-electron chi connectivity index (χ3n) is 8.81. The number of aliphatic carboxylic acids is 1. The number of fused-ring (bicyclic) bond motifs is 1. The predicted octanol–water partition coefficient (Wildman–Crippen LogP) is 2.28. The van der Waals surface area contributed by atoms with Crippen molar-refractivity contribution in [1.82, 2.24) is 19.6 Å². The molecule has 0 bridgehead atoms. The van der Waals surface area contributed by atoms with E-state index in [9.17, 15) is 24.3 Å². The van der Waals surface area contributed by atoms with Crippen molar-refractivity contribution in [3.05, 3.63) is 23.8 Å². The first-order chi connectivity index (χ1) is 20.4. The van der Waals surface area contributed by atoms with Crippen LogP contribution in [0.3, 0.4) is 0 Å². The van der Waals surface area contributed by atoms with E-state index in [1.165, 1.54) is 7.05 Å². The number of hydrogen-bond donors (Lipinski definition) is 1. The fourth-order valence-corrected chi connectivity index (χ4v) is 6.36. The van der Waals surface area contributed by atoms with Crippen LogP contribution in [0.1, 0.15) is 50.5 Å². The molecule has 1 aromatic rings. The molecule has 43 heavy (non-hydrogen) atoms. The maximum Gasteiger partial charge on any atom is 0.326 e. The number of quaternary nitrogens is 1. The summed E-state index contributed by atoms with van der Waals surface area (Å²) in [7, 11) is 7.87. The maximum atomic E-state index is 13.8. The van der Waals surface area contributed by atoms with Crippen LogP contribution in [0.15, 0.2) is 18.2 Å². The number of hydrogen-bond acceptors (Lipinski definition) is 7. The van der Waals surface area contributed by atoms with Gasteiger partial charge in [0.2, 0.25) is 18.6 Å². The molecular weight excluding hydrogens is 554 g/mol. The second kappa shape index (κ2) is 13.9. The number of carboxylic acid groups (broad SMARTS) is 1. The van der Waals surface area contributed by atoms with Gasteiger partial charge < -0.3 is 28.9 Å². The van der Waals surface area contributed by atoms with Crippen molar-refractivity contribution in [2.75, 3.05) is 80.8 Å². The molecule has 3 heterocycles. The van der Waals surface area contributed by atoms with E-state index < -0.39 is 17.9 Å². The number of nitrogens with zero attached hydrogens (tertiary/aromatic N) is 5. The van der Waals surface area contributed by atoms with Gasteiger partial charge in [0.15, 0.2) is 11.5 Å². The summed E-state index contributed by atoms with van der Waals surface area (Å²) in [6, 6.07) is 4.67. The van der Waals surface area contributed by atoms with Crippen molar-refractivity contribution in [1.29, 1.82) is 0 Å². The van der Waals surface area contributed by atoms with Crippen LogP contribution in [0.2, 0.25) is 0 Å². The van der Waals surface area contributed by atoms with E-state index in [0.717, 1.165) is 40.8 Å². The summed E-state index contributed by atoms with van der Waals surface area (Å²) < 4.78 is 11.9. The third kappa shape index (κ3) is 7.97. The molecule has 0 radical (unpaired) electrons. The monoisotopic (exact) mass is 602 g/mol. The Morgan fingerprint density at radius 3 is 2.51 bits per heavy atom. The second-order valence-corrected chi connectivity index (χ2v) is 12.9. The van der Waals surface area contributed by atoms with Gasteiger partial charge >= 0.3 is 12.0 Å². The van der Waals surface area contributed by atoms with Crippen LogP contribution in [0.25, 0.3) is 0 Å². The summed E-state index contributed by atoms with van der Waals surface area (Å²) in [5.74, 6) is -1.14. The van der Waals surface area contributed by atoms with Gasteiger partial charge in [0.05, 0.1) is 40.2 Å². The molecule has 2 saturated heterocycles. The van der Waals surface area contributed by atoms with Crippen LogP contribution < -0.4 is 9.47 Å². The van der Waals surface area contributed by atoms with E-state index >= 15 is 0 Å². The van der Waals surface area contributed by atoms with Crippen molar-refractivity contribution in [3.63, 3.8) is 0 Å². The number of ether oxygens (including phenoxy) is 2. The average Bonchev–Trinajstić information content (AvgIpc) is 3.56. The third-order valence-corrected chi connectivity index (χ3v) is 8.81. The molecule has 1 N–H and O–H groups in total. The quantitative estimate of drug-likeness (QED) is 0.322. The maximum absolute atomic E-state index is 13.8. The van der Waals surface area contributed by atoms with Crippen molar-refractivity contribution in [2.24, 2.45) is 5.92 Å². The smallest absolute Gasteiger partial charge is 0.326 e. The standard InChI is InChI=1S/C31H47N5O7/c1-6-7-13-33(14-8-17-36(3,4)5)28(38)20-35-19-23(22-9-10-25-26(18-22)43-21-42-25)29(30(39)40)24(35)11-15-34-16-12-27(37)32(2)31(34)41/h9-10,18,23-24,29H,6-8,11-17,19-21H2,1-5H3/p+1/t23-,24+,29-/m1/s1. The summed E-state index contributed by atoms with van der Waals surface area (Å²) in [5.41, 5.74) is 0.821. The Kier molecular flexibility index (Phi) is 10.5. The molecule has 0 saturated carbocycles. The lowest BCUT2D eigenvalue weighted by Crippen LogP contribution is -2.52. The van der Waals surface area contributed by atoms with Crippen LogP contribution >= 0.6 is 0 Å². The normalized spacial score (nSPS) is 22.4. The topological polar surface area (TPSA) is 120 Å². The molecule has 2 fully saturated rings. The molecule has 0 unspecified atom stereocenters. The molecular formula is C31H48N5O7+. The molecule has 3 aliphatic heterocycles. The van der Waals surface area contributed by atoms with Gasteiger partial charge in [-0.25, -0.2) is 4.79 Å². The van der Waals surface area contributed by atoms with Crippen LogP contribution in [-0.2, 0) is 14.4 Å². The Bertz CT molecular complexity index is 1190. The Hall–Kier alpha value is -3.38. The lowest BCUT2D eigenvalue weighted by molar-refractivity contribution is -0.870. The predicted molar refractivity (Wildman–Crippen MR) is 160 cm³/mol. The minimum atomic E-state index is -0.939. The number of imide groups is 1. The highest BCUT2D eigenvalue weighted by molar-refractivity contribution is 5.96. The van der Waals surface area contributed by atoms with Gasteiger partial charge in [-0.15, -0.1) is 0 Å². The SMILES string of the molecule is CCCCN(CCC[N+](C)(C)C)C(=O)CN1C[C@H](c2ccc3c(c2)OCO3)[C@@H](C(=O)O)[C@@H]1CCN1CCC(=O)N(C)C1=O. The molecule has 12 heteroatoms. The van der Waals surface area contributed by atoms with Gasteiger partial charge in [0.1, 0.15) is 0 Å². The second-order valence-electron chi connectivity index (χ2n) is 12.9. The van der Waals surface area contributed by atoms with Gasteiger partial charge in [-0.05, 0) is 30.5 Å². The van der Waals surface area contributed by atoms with E-state index in [2.05, 4.69) is 28.1 Å². The van der Waals surface area contributed by atoms with Gasteiger partial charge in [0, 0.05) is 64.6 Å². The van der Waals surface area contributed by atoms with Crippen molar-refractivity contribution >= 4 is 23.8 Å². The minimum absolute atomic E-state index is 0.00489. The van der Waals surface area contributed by atoms with Crippen LogP contribution in [0.5, 0.6) is 11.5 Å². The lowest BCUT2D eigenvalue weighted by atomic mass is 9.84. The molecule has 238 valence electrons.